The van der Waals surface area contributed by atoms with Crippen LogP contribution in [0.3, 0.4) is 0 Å². The van der Waals surface area contributed by atoms with Gasteiger partial charge in [-0.05, 0) is 37.8 Å². The first-order valence-corrected chi connectivity index (χ1v) is 14.0. The highest BCUT2D eigenvalue weighted by atomic mass is 16.4. The molecule has 0 aromatic heterocycles. The molecule has 2 aliphatic rings. The van der Waals surface area contributed by atoms with E-state index in [0.29, 0.717) is 13.1 Å². The quantitative estimate of drug-likeness (QED) is 0.439. The Bertz CT molecular complexity index is 1200. The van der Waals surface area contributed by atoms with Gasteiger partial charge in [0.1, 0.15) is 12.2 Å². The van der Waals surface area contributed by atoms with Gasteiger partial charge in [0.2, 0.25) is 11.8 Å². The van der Waals surface area contributed by atoms with Crippen LogP contribution in [0.2, 0.25) is 0 Å². The number of amides is 4. The van der Waals surface area contributed by atoms with Gasteiger partial charge in [-0.25, -0.2) is 14.8 Å². The molecule has 10 nitrogen and oxygen atoms in total. The van der Waals surface area contributed by atoms with Gasteiger partial charge in [0, 0.05) is 19.5 Å². The highest BCUT2D eigenvalue weighted by molar-refractivity contribution is 5.92. The molecular weight excluding hydrogens is 510 g/mol. The smallest absolute Gasteiger partial charge is 0.333 e. The average molecular weight is 550 g/mol. The minimum absolute atomic E-state index is 0.0301. The van der Waals surface area contributed by atoms with Crippen molar-refractivity contribution >= 4 is 23.8 Å². The average Bonchev–Trinajstić information content (AvgIpc) is 2.93. The molecule has 0 unspecified atom stereocenters. The topological polar surface area (TPSA) is 113 Å². The number of carboxylic acids is 1. The van der Waals surface area contributed by atoms with Crippen LogP contribution >= 0.6 is 0 Å². The van der Waals surface area contributed by atoms with Gasteiger partial charge in [0.15, 0.2) is 0 Å². The first-order valence-electron chi connectivity index (χ1n) is 14.0. The Morgan fingerprint density at radius 2 is 1.77 bits per heavy atom. The number of carbonyl (C=O) groups is 4. The molecule has 2 fully saturated rings. The summed E-state index contributed by atoms with van der Waals surface area (Å²) in [6, 6.07) is 15.8. The molecular formula is C30H39N5O5. The van der Waals surface area contributed by atoms with Crippen molar-refractivity contribution in [2.24, 2.45) is 0 Å². The molecule has 10 heteroatoms. The number of unbranched alkanes of at least 4 members (excludes halogenated alkanes) is 1. The van der Waals surface area contributed by atoms with Crippen LogP contribution < -0.4 is 5.32 Å². The maximum absolute atomic E-state index is 13.9. The molecule has 214 valence electrons. The normalized spacial score (nSPS) is 20.3. The van der Waals surface area contributed by atoms with Gasteiger partial charge in [-0.1, -0.05) is 73.5 Å². The molecule has 2 aliphatic heterocycles. The molecule has 0 aliphatic carbocycles. The summed E-state index contributed by atoms with van der Waals surface area (Å²) in [6.45, 7) is 6.78. The molecule has 0 spiro atoms. The summed E-state index contributed by atoms with van der Waals surface area (Å²) >= 11 is 0. The molecule has 0 saturated carbocycles. The summed E-state index contributed by atoms with van der Waals surface area (Å²) in [4.78, 5) is 55.9. The molecule has 0 bridgehead atoms. The number of aliphatic carboxylic acids is 1. The van der Waals surface area contributed by atoms with Crippen molar-refractivity contribution in [3.05, 3.63) is 71.3 Å². The van der Waals surface area contributed by atoms with Crippen LogP contribution in [0.25, 0.3) is 0 Å². The number of aryl methyl sites for hydroxylation is 1. The number of rotatable bonds is 10. The number of carbonyl (C=O) groups excluding carboxylic acids is 3. The summed E-state index contributed by atoms with van der Waals surface area (Å²) in [5.41, 5.74) is 2.97. The molecule has 2 N–H and O–H groups in total. The number of nitrogens with zero attached hydrogens (tertiary/aromatic N) is 4. The molecule has 40 heavy (non-hydrogen) atoms. The second kappa shape index (κ2) is 13.0. The maximum atomic E-state index is 13.9. The van der Waals surface area contributed by atoms with Gasteiger partial charge in [0.05, 0.1) is 19.1 Å². The Morgan fingerprint density at radius 1 is 1.07 bits per heavy atom. The second-order valence-corrected chi connectivity index (χ2v) is 10.5. The lowest BCUT2D eigenvalue weighted by Gasteiger charge is -2.56. The van der Waals surface area contributed by atoms with Gasteiger partial charge in [0.25, 0.3) is 0 Å². The highest BCUT2D eigenvalue weighted by Gasteiger charge is 2.52. The van der Waals surface area contributed by atoms with Crippen LogP contribution in [-0.2, 0) is 20.9 Å². The van der Waals surface area contributed by atoms with E-state index in [0.717, 1.165) is 29.5 Å². The molecule has 0 radical (unpaired) electrons. The fraction of sp³-hybridized carbons (Fsp3) is 0.467. The number of hydrazine groups is 1. The van der Waals surface area contributed by atoms with Crippen LogP contribution in [0, 0.1) is 6.92 Å². The van der Waals surface area contributed by atoms with E-state index in [1.807, 2.05) is 75.4 Å². The zero-order chi connectivity index (χ0) is 28.8. The number of piperazine rings is 1. The van der Waals surface area contributed by atoms with Gasteiger partial charge >= 0.3 is 12.0 Å². The van der Waals surface area contributed by atoms with E-state index < -0.39 is 18.2 Å². The molecule has 2 aromatic rings. The third-order valence-electron chi connectivity index (χ3n) is 7.66. The Hall–Kier alpha value is -3.92. The van der Waals surface area contributed by atoms with E-state index in [4.69, 9.17) is 0 Å². The van der Waals surface area contributed by atoms with E-state index in [1.165, 1.54) is 4.90 Å². The Morgan fingerprint density at radius 3 is 2.42 bits per heavy atom. The molecule has 2 saturated heterocycles. The summed E-state index contributed by atoms with van der Waals surface area (Å²) in [5.74, 6) is -1.65. The highest BCUT2D eigenvalue weighted by Crippen LogP contribution is 2.33. The number of benzene rings is 2. The van der Waals surface area contributed by atoms with Crippen LogP contribution in [0.4, 0.5) is 4.79 Å². The fourth-order valence-electron chi connectivity index (χ4n) is 5.45. The Labute approximate surface area is 235 Å². The summed E-state index contributed by atoms with van der Waals surface area (Å²) < 4.78 is 0. The first kappa shape index (κ1) is 29.1. The lowest BCUT2D eigenvalue weighted by Crippen LogP contribution is -2.76. The number of fused-ring (bicyclic) bond motifs is 1. The lowest BCUT2D eigenvalue weighted by molar-refractivity contribution is -0.194. The molecule has 2 heterocycles. The molecule has 2 aromatic carbocycles. The van der Waals surface area contributed by atoms with E-state index in [-0.39, 0.29) is 49.8 Å². The largest absolute Gasteiger partial charge is 0.481 e. The van der Waals surface area contributed by atoms with Crippen LogP contribution in [-0.4, -0.2) is 80.6 Å². The summed E-state index contributed by atoms with van der Waals surface area (Å²) in [5, 5.41) is 15.7. The molecule has 3 atom stereocenters. The summed E-state index contributed by atoms with van der Waals surface area (Å²) in [7, 11) is 0. The minimum atomic E-state index is -1.04. The summed E-state index contributed by atoms with van der Waals surface area (Å²) in [6.07, 6.45) is 0.640. The van der Waals surface area contributed by atoms with Crippen molar-refractivity contribution < 1.29 is 24.3 Å². The van der Waals surface area contributed by atoms with E-state index in [9.17, 15) is 24.3 Å². The van der Waals surface area contributed by atoms with Crippen molar-refractivity contribution in [3.63, 3.8) is 0 Å². The third-order valence-corrected chi connectivity index (χ3v) is 7.66. The van der Waals surface area contributed by atoms with Gasteiger partial charge in [-0.15, -0.1) is 0 Å². The predicted octanol–water partition coefficient (Wildman–Crippen LogP) is 3.53. The minimum Gasteiger partial charge on any atom is -0.481 e. The number of hydrogen-bond acceptors (Lipinski definition) is 5. The van der Waals surface area contributed by atoms with Crippen LogP contribution in [0.5, 0.6) is 0 Å². The standard InChI is InChI=1S/C30H39N5O5/c1-4-5-17-31-30(40)35-26-19-33(22(3)24-9-7-6-8-10-24)29(39)25(15-16-28(37)38)34(26)27(36)20-32(35)18-23-13-11-21(2)12-14-23/h6-14,22,25-26H,4-5,15-20H2,1-3H3,(H,31,40)(H,37,38)/t22-,25-,26-/m0/s1. The van der Waals surface area contributed by atoms with Crippen molar-refractivity contribution in [1.29, 1.82) is 0 Å². The van der Waals surface area contributed by atoms with E-state index in [2.05, 4.69) is 5.32 Å². The molecule has 4 rings (SSSR count). The SMILES string of the molecule is CCCCNC(=O)N1[C@H]2CN([C@@H](C)c3ccccc3)C(=O)[C@H](CCC(=O)O)N2C(=O)CN1Cc1ccc(C)cc1. The van der Waals surface area contributed by atoms with Gasteiger partial charge in [-0.3, -0.25) is 14.4 Å². The van der Waals surface area contributed by atoms with Crippen molar-refractivity contribution in [1.82, 2.24) is 25.1 Å². The zero-order valence-corrected chi connectivity index (χ0v) is 23.5. The van der Waals surface area contributed by atoms with Gasteiger partial charge in [-0.2, -0.15) is 0 Å². The number of hydrogen-bond donors (Lipinski definition) is 2. The van der Waals surface area contributed by atoms with Gasteiger partial charge < -0.3 is 20.2 Å². The van der Waals surface area contributed by atoms with Crippen LogP contribution in [0.1, 0.15) is 62.3 Å². The lowest BCUT2D eigenvalue weighted by atomic mass is 9.98. The molecule has 4 amide bonds. The van der Waals surface area contributed by atoms with Crippen molar-refractivity contribution in [3.8, 4) is 0 Å². The number of carboxylic acid groups (broad SMARTS) is 1. The number of nitrogens with one attached hydrogen (secondary N) is 1. The number of urea groups is 1. The first-order chi connectivity index (χ1) is 19.2. The second-order valence-electron chi connectivity index (χ2n) is 10.5. The maximum Gasteiger partial charge on any atom is 0.333 e. The Balaban J connectivity index is 1.73. The van der Waals surface area contributed by atoms with Crippen molar-refractivity contribution in [2.75, 3.05) is 19.6 Å². The van der Waals surface area contributed by atoms with Crippen molar-refractivity contribution in [2.45, 2.75) is 71.2 Å². The predicted molar refractivity (Wildman–Crippen MR) is 150 cm³/mol. The van der Waals surface area contributed by atoms with Crippen LogP contribution in [0.15, 0.2) is 54.6 Å². The Kier molecular flexibility index (Phi) is 9.42. The van der Waals surface area contributed by atoms with E-state index >= 15 is 0 Å². The third kappa shape index (κ3) is 6.44. The van der Waals surface area contributed by atoms with E-state index in [1.54, 1.807) is 14.9 Å². The monoisotopic (exact) mass is 549 g/mol. The zero-order valence-electron chi connectivity index (χ0n) is 23.5. The fourth-order valence-corrected chi connectivity index (χ4v) is 5.45.